The van der Waals surface area contributed by atoms with Crippen LogP contribution in [0.4, 0.5) is 13.2 Å². The molecule has 0 radical (unpaired) electrons. The maximum atomic E-state index is 12.5. The molecule has 6 nitrogen and oxygen atoms in total. The van der Waals surface area contributed by atoms with E-state index in [9.17, 15) is 17.4 Å². The Morgan fingerprint density at radius 3 is 2.59 bits per heavy atom. The predicted octanol–water partition coefficient (Wildman–Crippen LogP) is 2.45. The van der Waals surface area contributed by atoms with Crippen molar-refractivity contribution in [1.82, 2.24) is 19.5 Å². The minimum Gasteiger partial charge on any atom is -0.329 e. The first-order valence-electron chi connectivity index (χ1n) is 6.01. The highest BCUT2D eigenvalue weighted by Gasteiger charge is 2.38. The van der Waals surface area contributed by atoms with E-state index in [0.29, 0.717) is 21.9 Å². The topological polar surface area (TPSA) is 73.3 Å². The predicted molar refractivity (Wildman–Crippen MR) is 70.6 cm³/mol. The number of aromatic nitrogens is 4. The lowest BCUT2D eigenvalue weighted by Gasteiger charge is -2.01. The van der Waals surface area contributed by atoms with Gasteiger partial charge in [-0.15, -0.1) is 0 Å². The monoisotopic (exact) mass is 330 g/mol. The number of hydrogen-bond acceptors (Lipinski definition) is 5. The van der Waals surface area contributed by atoms with Crippen molar-refractivity contribution in [2.24, 2.45) is 0 Å². The Morgan fingerprint density at radius 1 is 1.27 bits per heavy atom. The lowest BCUT2D eigenvalue weighted by Crippen LogP contribution is -2.04. The molecule has 0 aliphatic carbocycles. The molecule has 1 atom stereocenters. The maximum Gasteiger partial charge on any atom is 0.471 e. The highest BCUT2D eigenvalue weighted by molar-refractivity contribution is 7.84. The summed E-state index contributed by atoms with van der Waals surface area (Å²) in [6.07, 6.45) is -1.71. The largest absolute Gasteiger partial charge is 0.471 e. The summed E-state index contributed by atoms with van der Waals surface area (Å²) in [4.78, 5) is 7.57. The zero-order valence-electron chi connectivity index (χ0n) is 11.4. The Bertz CT molecular complexity index is 884. The molecule has 0 bridgehead atoms. The number of fused-ring (bicyclic) bond motifs is 1. The number of aryl methyl sites for hydroxylation is 1. The van der Waals surface area contributed by atoms with E-state index in [-0.39, 0.29) is 5.82 Å². The van der Waals surface area contributed by atoms with Crippen LogP contribution >= 0.6 is 0 Å². The molecule has 0 spiro atoms. The lowest BCUT2D eigenvalue weighted by molar-refractivity contribution is -0.159. The third kappa shape index (κ3) is 2.39. The van der Waals surface area contributed by atoms with Crippen LogP contribution in [0.5, 0.6) is 0 Å². The second kappa shape index (κ2) is 4.90. The Kier molecular flexibility index (Phi) is 3.28. The summed E-state index contributed by atoms with van der Waals surface area (Å²) in [6.45, 7) is 1.71. The fraction of sp³-hybridized carbons (Fsp3) is 0.250. The van der Waals surface area contributed by atoms with Crippen LogP contribution in [0.2, 0.25) is 0 Å². The highest BCUT2D eigenvalue weighted by atomic mass is 32.2. The summed E-state index contributed by atoms with van der Waals surface area (Å²) in [6, 6.07) is 3.11. The molecule has 3 heterocycles. The second-order valence-corrected chi connectivity index (χ2v) is 5.82. The molecule has 3 aromatic heterocycles. The summed E-state index contributed by atoms with van der Waals surface area (Å²) >= 11 is 0. The van der Waals surface area contributed by atoms with Crippen LogP contribution in [0.1, 0.15) is 11.6 Å². The summed E-state index contributed by atoms with van der Waals surface area (Å²) in [5, 5.41) is 3.79. The molecule has 0 saturated heterocycles. The summed E-state index contributed by atoms with van der Waals surface area (Å²) in [7, 11) is -1.30. The van der Waals surface area contributed by atoms with E-state index in [4.69, 9.17) is 0 Å². The summed E-state index contributed by atoms with van der Waals surface area (Å²) in [5.41, 5.74) is 1.42. The third-order valence-corrected chi connectivity index (χ3v) is 3.97. The van der Waals surface area contributed by atoms with Gasteiger partial charge in [0.05, 0.1) is 16.5 Å². The number of pyridine rings is 1. The molecule has 0 aliphatic rings. The minimum absolute atomic E-state index is 0.201. The molecule has 0 amide bonds. The normalized spacial score (nSPS) is 13.7. The minimum atomic E-state index is -4.70. The van der Waals surface area contributed by atoms with E-state index in [0.717, 1.165) is 0 Å². The molecule has 116 valence electrons. The first-order chi connectivity index (χ1) is 10.3. The van der Waals surface area contributed by atoms with Gasteiger partial charge in [-0.2, -0.15) is 18.2 Å². The quantitative estimate of drug-likeness (QED) is 0.721. The first kappa shape index (κ1) is 14.7. The Hall–Kier alpha value is -2.23. The van der Waals surface area contributed by atoms with Crippen LogP contribution in [0.3, 0.4) is 0 Å². The number of hydrogen-bond donors (Lipinski definition) is 0. The lowest BCUT2D eigenvalue weighted by atomic mass is 10.3. The van der Waals surface area contributed by atoms with Gasteiger partial charge in [0.25, 0.3) is 0 Å². The number of alkyl halides is 3. The SMILES string of the molecule is Cc1nc2ccc(-c3noc(C(F)(F)F)n3)cn2c1S(C)=O. The molecule has 22 heavy (non-hydrogen) atoms. The Balaban J connectivity index is 2.14. The smallest absolute Gasteiger partial charge is 0.329 e. The Labute approximate surface area is 124 Å². The van der Waals surface area contributed by atoms with Gasteiger partial charge in [-0.3, -0.25) is 8.61 Å². The molecule has 0 saturated carbocycles. The summed E-state index contributed by atoms with van der Waals surface area (Å²) in [5.74, 6) is -1.61. The third-order valence-electron chi connectivity index (χ3n) is 2.94. The van der Waals surface area contributed by atoms with E-state index in [1.165, 1.54) is 18.5 Å². The van der Waals surface area contributed by atoms with Gasteiger partial charge in [-0.25, -0.2) is 4.98 Å². The van der Waals surface area contributed by atoms with Crippen molar-refractivity contribution < 1.29 is 21.9 Å². The van der Waals surface area contributed by atoms with E-state index >= 15 is 0 Å². The molecule has 0 N–H and O–H groups in total. The number of halogens is 3. The van der Waals surface area contributed by atoms with Gasteiger partial charge in [-0.05, 0) is 19.1 Å². The van der Waals surface area contributed by atoms with Crippen molar-refractivity contribution in [3.8, 4) is 11.4 Å². The van der Waals surface area contributed by atoms with Crippen LogP contribution in [0, 0.1) is 6.92 Å². The molecule has 3 rings (SSSR count). The van der Waals surface area contributed by atoms with Crippen molar-refractivity contribution in [3.05, 3.63) is 29.9 Å². The van der Waals surface area contributed by atoms with Gasteiger partial charge in [-0.1, -0.05) is 5.16 Å². The molecule has 1 unspecified atom stereocenters. The molecule has 10 heteroatoms. The van der Waals surface area contributed by atoms with E-state index in [1.54, 1.807) is 17.4 Å². The highest BCUT2D eigenvalue weighted by Crippen LogP contribution is 2.29. The second-order valence-electron chi connectivity index (χ2n) is 4.52. The van der Waals surface area contributed by atoms with Crippen LogP contribution in [0.15, 0.2) is 27.9 Å². The van der Waals surface area contributed by atoms with Crippen molar-refractivity contribution in [1.29, 1.82) is 0 Å². The van der Waals surface area contributed by atoms with Crippen LogP contribution in [-0.4, -0.2) is 30.0 Å². The fourth-order valence-corrected chi connectivity index (χ4v) is 2.96. The van der Waals surface area contributed by atoms with Gasteiger partial charge < -0.3 is 4.52 Å². The number of imidazole rings is 1. The first-order valence-corrected chi connectivity index (χ1v) is 7.56. The zero-order valence-corrected chi connectivity index (χ0v) is 12.2. The molecule has 0 aliphatic heterocycles. The van der Waals surface area contributed by atoms with Gasteiger partial charge in [0.2, 0.25) is 5.82 Å². The van der Waals surface area contributed by atoms with E-state index < -0.39 is 22.9 Å². The van der Waals surface area contributed by atoms with Crippen molar-refractivity contribution in [3.63, 3.8) is 0 Å². The summed E-state index contributed by atoms with van der Waals surface area (Å²) < 4.78 is 55.0. The van der Waals surface area contributed by atoms with Gasteiger partial charge in [0.1, 0.15) is 10.7 Å². The van der Waals surface area contributed by atoms with Gasteiger partial charge >= 0.3 is 12.1 Å². The van der Waals surface area contributed by atoms with Crippen LogP contribution in [-0.2, 0) is 17.0 Å². The molecular weight excluding hydrogens is 321 g/mol. The van der Waals surface area contributed by atoms with E-state index in [2.05, 4.69) is 19.6 Å². The standard InChI is InChI=1S/C12H9F3N4O2S/c1-6-10(22(2)20)19-5-7(3-4-8(19)16-6)9-17-11(21-18-9)12(13,14)15/h3-5H,1-2H3. The average molecular weight is 330 g/mol. The van der Waals surface area contributed by atoms with Crippen LogP contribution < -0.4 is 0 Å². The fourth-order valence-electron chi connectivity index (χ4n) is 2.08. The van der Waals surface area contributed by atoms with Gasteiger partial charge in [0, 0.05) is 18.0 Å². The Morgan fingerprint density at radius 2 is 2.00 bits per heavy atom. The number of nitrogens with zero attached hydrogens (tertiary/aromatic N) is 4. The molecule has 0 aromatic carbocycles. The van der Waals surface area contributed by atoms with Crippen molar-refractivity contribution in [2.75, 3.05) is 6.26 Å². The molecule has 0 fully saturated rings. The van der Waals surface area contributed by atoms with Gasteiger partial charge in [0.15, 0.2) is 0 Å². The van der Waals surface area contributed by atoms with Crippen LogP contribution in [0.25, 0.3) is 17.0 Å². The number of rotatable bonds is 2. The van der Waals surface area contributed by atoms with E-state index in [1.807, 2.05) is 0 Å². The van der Waals surface area contributed by atoms with Crippen molar-refractivity contribution in [2.45, 2.75) is 18.1 Å². The van der Waals surface area contributed by atoms with Crippen molar-refractivity contribution >= 4 is 16.4 Å². The average Bonchev–Trinajstić information content (AvgIpc) is 2.99. The molecule has 3 aromatic rings. The maximum absolute atomic E-state index is 12.5. The zero-order chi connectivity index (χ0) is 16.1. The molecular formula is C12H9F3N4O2S.